The van der Waals surface area contributed by atoms with Crippen molar-refractivity contribution in [2.75, 3.05) is 7.05 Å². The molecule has 2 rings (SSSR count). The van der Waals surface area contributed by atoms with Gasteiger partial charge >= 0.3 is 0 Å². The molecule has 2 aliphatic rings. The summed E-state index contributed by atoms with van der Waals surface area (Å²) in [5.74, 6) is 5.12. The second-order valence-corrected chi connectivity index (χ2v) is 8.67. The third kappa shape index (κ3) is 7.59. The van der Waals surface area contributed by atoms with Gasteiger partial charge in [-0.1, -0.05) is 66.2 Å². The van der Waals surface area contributed by atoms with Crippen LogP contribution in [-0.2, 0) is 0 Å². The normalized spacial score (nSPS) is 34.2. The number of hydrogen-bond donors (Lipinski definition) is 1. The van der Waals surface area contributed by atoms with E-state index >= 15 is 0 Å². The van der Waals surface area contributed by atoms with Crippen molar-refractivity contribution in [3.8, 4) is 0 Å². The first-order valence-electron chi connectivity index (χ1n) is 10.7. The zero-order valence-corrected chi connectivity index (χ0v) is 17.0. The van der Waals surface area contributed by atoms with Gasteiger partial charge in [-0.2, -0.15) is 0 Å². The Morgan fingerprint density at radius 3 is 1.65 bits per heavy atom. The molecule has 2 atom stereocenters. The van der Waals surface area contributed by atoms with Gasteiger partial charge in [0.1, 0.15) is 0 Å². The van der Waals surface area contributed by atoms with Gasteiger partial charge in [-0.3, -0.25) is 0 Å². The van der Waals surface area contributed by atoms with Crippen molar-refractivity contribution in [2.45, 2.75) is 105 Å². The molecule has 2 fully saturated rings. The molecule has 0 amide bonds. The molecule has 0 bridgehead atoms. The quantitative estimate of drug-likeness (QED) is 0.595. The van der Waals surface area contributed by atoms with Crippen LogP contribution in [0, 0.1) is 29.6 Å². The Hall–Kier alpha value is -0.0400. The molecule has 2 saturated carbocycles. The summed E-state index contributed by atoms with van der Waals surface area (Å²) in [7, 11) is 2.01. The van der Waals surface area contributed by atoms with E-state index in [0.717, 1.165) is 29.6 Å². The van der Waals surface area contributed by atoms with E-state index in [-0.39, 0.29) is 0 Å². The van der Waals surface area contributed by atoms with Crippen molar-refractivity contribution in [3.63, 3.8) is 0 Å². The van der Waals surface area contributed by atoms with Gasteiger partial charge in [0.25, 0.3) is 0 Å². The van der Waals surface area contributed by atoms with Gasteiger partial charge in [0.05, 0.1) is 0 Å². The highest BCUT2D eigenvalue weighted by molar-refractivity contribution is 4.80. The van der Waals surface area contributed by atoms with E-state index in [2.05, 4.69) is 39.9 Å². The molecule has 1 heteroatoms. The minimum absolute atomic E-state index is 0.667. The van der Waals surface area contributed by atoms with Gasteiger partial charge in [0.15, 0.2) is 0 Å². The van der Waals surface area contributed by atoms with Crippen LogP contribution in [0.2, 0.25) is 0 Å². The van der Waals surface area contributed by atoms with Gasteiger partial charge in [-0.15, -0.1) is 0 Å². The van der Waals surface area contributed by atoms with E-state index in [0.29, 0.717) is 6.04 Å². The van der Waals surface area contributed by atoms with Crippen LogP contribution in [0.25, 0.3) is 0 Å². The summed E-state index contributed by atoms with van der Waals surface area (Å²) in [4.78, 5) is 0. The Bertz CT molecular complexity index is 264. The minimum Gasteiger partial charge on any atom is -0.317 e. The molecule has 0 spiro atoms. The van der Waals surface area contributed by atoms with Crippen LogP contribution in [0.4, 0.5) is 0 Å². The molecule has 23 heavy (non-hydrogen) atoms. The number of rotatable bonds is 5. The van der Waals surface area contributed by atoms with Crippen LogP contribution in [0.5, 0.6) is 0 Å². The zero-order chi connectivity index (χ0) is 17.2. The van der Waals surface area contributed by atoms with Crippen LogP contribution in [0.15, 0.2) is 0 Å². The number of hydrogen-bond acceptors (Lipinski definition) is 1. The maximum atomic E-state index is 3.22. The highest BCUT2D eigenvalue weighted by Gasteiger charge is 2.29. The Morgan fingerprint density at radius 1 is 0.826 bits per heavy atom. The molecule has 0 aromatic rings. The SMILES string of the molecule is CCC(C)C(C)NC.CCC1CCC(C2CCC(C)CC2)CC1. The molecular weight excluding hydrogens is 278 g/mol. The van der Waals surface area contributed by atoms with Crippen molar-refractivity contribution in [3.05, 3.63) is 0 Å². The van der Waals surface area contributed by atoms with Gasteiger partial charge in [0.2, 0.25) is 0 Å². The van der Waals surface area contributed by atoms with E-state index in [4.69, 9.17) is 0 Å². The number of nitrogens with one attached hydrogen (secondary N) is 1. The molecule has 0 saturated heterocycles. The molecule has 0 heterocycles. The molecule has 0 aliphatic heterocycles. The van der Waals surface area contributed by atoms with Crippen molar-refractivity contribution in [1.29, 1.82) is 0 Å². The van der Waals surface area contributed by atoms with Crippen LogP contribution in [0.3, 0.4) is 0 Å². The molecule has 0 aromatic heterocycles. The van der Waals surface area contributed by atoms with Gasteiger partial charge in [-0.25, -0.2) is 0 Å². The Labute approximate surface area is 147 Å². The van der Waals surface area contributed by atoms with Crippen molar-refractivity contribution in [1.82, 2.24) is 5.32 Å². The lowest BCUT2D eigenvalue weighted by Crippen LogP contribution is -2.27. The molecule has 138 valence electrons. The van der Waals surface area contributed by atoms with E-state index < -0.39 is 0 Å². The van der Waals surface area contributed by atoms with E-state index in [1.807, 2.05) is 7.05 Å². The Morgan fingerprint density at radius 2 is 1.30 bits per heavy atom. The van der Waals surface area contributed by atoms with E-state index in [1.165, 1.54) is 38.5 Å². The van der Waals surface area contributed by atoms with Crippen LogP contribution in [0.1, 0.15) is 98.8 Å². The van der Waals surface area contributed by atoms with Crippen molar-refractivity contribution in [2.24, 2.45) is 29.6 Å². The highest BCUT2D eigenvalue weighted by atomic mass is 14.9. The lowest BCUT2D eigenvalue weighted by atomic mass is 9.69. The Kier molecular flexibility index (Phi) is 10.5. The van der Waals surface area contributed by atoms with Crippen molar-refractivity contribution >= 4 is 0 Å². The Balaban J connectivity index is 0.000000284. The van der Waals surface area contributed by atoms with Crippen molar-refractivity contribution < 1.29 is 0 Å². The summed E-state index contributed by atoms with van der Waals surface area (Å²) < 4.78 is 0. The lowest BCUT2D eigenvalue weighted by Gasteiger charge is -2.37. The maximum Gasteiger partial charge on any atom is 0.00612 e. The standard InChI is InChI=1S/C15H28.C7H17N/c1-3-13-6-10-15(11-7-13)14-8-4-12(2)5-9-14;1-5-6(2)7(3)8-4/h12-15H,3-11H2,1-2H3;6-8H,5H2,1-4H3. The summed E-state index contributed by atoms with van der Waals surface area (Å²) in [6.45, 7) is 11.5. The second kappa shape index (κ2) is 11.5. The average molecular weight is 324 g/mol. The molecule has 0 radical (unpaired) electrons. The largest absolute Gasteiger partial charge is 0.317 e. The summed E-state index contributed by atoms with van der Waals surface area (Å²) in [5, 5.41) is 3.22. The lowest BCUT2D eigenvalue weighted by molar-refractivity contribution is 0.149. The second-order valence-electron chi connectivity index (χ2n) is 8.67. The summed E-state index contributed by atoms with van der Waals surface area (Å²) >= 11 is 0. The van der Waals surface area contributed by atoms with E-state index in [9.17, 15) is 0 Å². The first-order valence-corrected chi connectivity index (χ1v) is 10.7. The van der Waals surface area contributed by atoms with Crippen LogP contribution in [-0.4, -0.2) is 13.1 Å². The van der Waals surface area contributed by atoms with Gasteiger partial charge in [0, 0.05) is 6.04 Å². The summed E-state index contributed by atoms with van der Waals surface area (Å²) in [5.41, 5.74) is 0. The van der Waals surface area contributed by atoms with Gasteiger partial charge < -0.3 is 5.32 Å². The molecular formula is C22H45N. The summed E-state index contributed by atoms with van der Waals surface area (Å²) in [6, 6.07) is 0.667. The zero-order valence-electron chi connectivity index (χ0n) is 17.0. The topological polar surface area (TPSA) is 12.0 Å². The molecule has 2 unspecified atom stereocenters. The van der Waals surface area contributed by atoms with Crippen LogP contribution < -0.4 is 5.32 Å². The molecule has 1 N–H and O–H groups in total. The average Bonchev–Trinajstić information content (AvgIpc) is 2.61. The van der Waals surface area contributed by atoms with Crippen LogP contribution >= 0.6 is 0 Å². The summed E-state index contributed by atoms with van der Waals surface area (Å²) in [6.07, 6.45) is 15.0. The first-order chi connectivity index (χ1) is 11.0. The monoisotopic (exact) mass is 323 g/mol. The maximum absolute atomic E-state index is 3.22. The molecule has 0 aromatic carbocycles. The minimum atomic E-state index is 0.667. The smallest absolute Gasteiger partial charge is 0.00612 e. The molecule has 1 nitrogen and oxygen atoms in total. The molecule has 2 aliphatic carbocycles. The van der Waals surface area contributed by atoms with E-state index in [1.54, 1.807) is 25.7 Å². The fourth-order valence-electron chi connectivity index (χ4n) is 4.46. The predicted octanol–water partition coefficient (Wildman–Crippen LogP) is 6.67. The fraction of sp³-hybridized carbons (Fsp3) is 1.00. The predicted molar refractivity (Wildman–Crippen MR) is 105 cm³/mol. The third-order valence-corrected chi connectivity index (χ3v) is 7.15. The first kappa shape index (κ1) is 21.0. The fourth-order valence-corrected chi connectivity index (χ4v) is 4.46. The third-order valence-electron chi connectivity index (χ3n) is 7.15. The highest BCUT2D eigenvalue weighted by Crippen LogP contribution is 2.41. The van der Waals surface area contributed by atoms with Gasteiger partial charge in [-0.05, 0) is 69.2 Å².